The van der Waals surface area contributed by atoms with Gasteiger partial charge in [-0.3, -0.25) is 9.55 Å². The number of alkyl halides is 2. The number of nitrogens with one attached hydrogen (secondary N) is 2. The summed E-state index contributed by atoms with van der Waals surface area (Å²) in [7, 11) is 0. The zero-order valence-electron chi connectivity index (χ0n) is 11.6. The fraction of sp³-hybridized carbons (Fsp3) is 0.333. The van der Waals surface area contributed by atoms with Crippen molar-refractivity contribution < 1.29 is 8.78 Å². The maximum atomic E-state index is 14.3. The van der Waals surface area contributed by atoms with Crippen LogP contribution in [-0.4, -0.2) is 33.5 Å². The molecule has 0 saturated carbocycles. The molecule has 7 heteroatoms. The predicted octanol–water partition coefficient (Wildman–Crippen LogP) is 2.05. The van der Waals surface area contributed by atoms with Crippen LogP contribution < -0.4 is 11.0 Å². The van der Waals surface area contributed by atoms with Gasteiger partial charge < -0.3 is 10.3 Å². The largest absolute Gasteiger partial charge is 0.326 e. The second kappa shape index (κ2) is 4.61. The SMILES string of the molecule is O=c1[nH]c2cnc3ccccc3c2n1[C@@H]1CCNCC1(F)F. The van der Waals surface area contributed by atoms with Crippen molar-refractivity contribution in [3.8, 4) is 0 Å². The van der Waals surface area contributed by atoms with Crippen molar-refractivity contribution in [3.63, 3.8) is 0 Å². The summed E-state index contributed by atoms with van der Waals surface area (Å²) in [6, 6.07) is 6.09. The van der Waals surface area contributed by atoms with E-state index in [1.807, 2.05) is 12.1 Å². The number of benzene rings is 1. The standard InChI is InChI=1S/C15H14F2N4O/c16-15(17)8-18-6-5-12(15)21-13-9-3-1-2-4-10(9)19-7-11(13)20-14(21)22/h1-4,7,12,18H,5-6,8H2,(H,20,22)/t12-/m1/s1. The van der Waals surface area contributed by atoms with Crippen LogP contribution in [0.4, 0.5) is 8.78 Å². The Labute approximate surface area is 124 Å². The van der Waals surface area contributed by atoms with E-state index in [0.717, 1.165) is 0 Å². The number of rotatable bonds is 1. The average Bonchev–Trinajstić information content (AvgIpc) is 2.83. The number of para-hydroxylation sites is 1. The van der Waals surface area contributed by atoms with Gasteiger partial charge in [0.05, 0.1) is 29.3 Å². The lowest BCUT2D eigenvalue weighted by atomic mass is 10.0. The lowest BCUT2D eigenvalue weighted by Crippen LogP contribution is -2.48. The topological polar surface area (TPSA) is 62.7 Å². The summed E-state index contributed by atoms with van der Waals surface area (Å²) >= 11 is 0. The Bertz CT molecular complexity index is 915. The highest BCUT2D eigenvalue weighted by Gasteiger charge is 2.44. The number of nitrogens with zero attached hydrogens (tertiary/aromatic N) is 2. The van der Waals surface area contributed by atoms with Gasteiger partial charge in [-0.1, -0.05) is 18.2 Å². The summed E-state index contributed by atoms with van der Waals surface area (Å²) in [5, 5.41) is 3.39. The van der Waals surface area contributed by atoms with Crippen molar-refractivity contribution in [1.82, 2.24) is 19.9 Å². The summed E-state index contributed by atoms with van der Waals surface area (Å²) in [5.41, 5.74) is 1.15. The first-order valence-electron chi connectivity index (χ1n) is 7.14. The first-order chi connectivity index (χ1) is 10.6. The van der Waals surface area contributed by atoms with Gasteiger partial charge in [-0.05, 0) is 19.0 Å². The maximum absolute atomic E-state index is 14.3. The third-order valence-electron chi connectivity index (χ3n) is 4.20. The molecule has 1 aliphatic rings. The molecular weight excluding hydrogens is 290 g/mol. The van der Waals surface area contributed by atoms with Crippen LogP contribution in [0.2, 0.25) is 0 Å². The Morgan fingerprint density at radius 1 is 1.32 bits per heavy atom. The zero-order valence-corrected chi connectivity index (χ0v) is 11.6. The van der Waals surface area contributed by atoms with Crippen LogP contribution in [0.25, 0.3) is 21.9 Å². The number of aromatic nitrogens is 3. The van der Waals surface area contributed by atoms with Gasteiger partial charge in [0.1, 0.15) is 6.04 Å². The van der Waals surface area contributed by atoms with Crippen LogP contribution in [0, 0.1) is 0 Å². The van der Waals surface area contributed by atoms with E-state index in [2.05, 4.69) is 15.3 Å². The molecule has 2 aromatic heterocycles. The Balaban J connectivity index is 2.06. The monoisotopic (exact) mass is 304 g/mol. The minimum absolute atomic E-state index is 0.205. The quantitative estimate of drug-likeness (QED) is 0.723. The fourth-order valence-corrected chi connectivity index (χ4v) is 3.19. The van der Waals surface area contributed by atoms with Crippen molar-refractivity contribution in [3.05, 3.63) is 40.9 Å². The molecule has 2 N–H and O–H groups in total. The van der Waals surface area contributed by atoms with Crippen LogP contribution >= 0.6 is 0 Å². The van der Waals surface area contributed by atoms with E-state index in [9.17, 15) is 13.6 Å². The van der Waals surface area contributed by atoms with Gasteiger partial charge in [0, 0.05) is 5.39 Å². The van der Waals surface area contributed by atoms with Crippen LogP contribution in [0.15, 0.2) is 35.3 Å². The zero-order chi connectivity index (χ0) is 15.3. The normalized spacial score (nSPS) is 21.5. The minimum atomic E-state index is -2.97. The molecular formula is C15H14F2N4O. The molecule has 0 unspecified atom stereocenters. The fourth-order valence-electron chi connectivity index (χ4n) is 3.19. The minimum Gasteiger partial charge on any atom is -0.311 e. The summed E-state index contributed by atoms with van der Waals surface area (Å²) in [4.78, 5) is 19.2. The molecule has 0 amide bonds. The van der Waals surface area contributed by atoms with Crippen LogP contribution in [0.5, 0.6) is 0 Å². The molecule has 1 fully saturated rings. The third-order valence-corrected chi connectivity index (χ3v) is 4.20. The molecule has 3 heterocycles. The molecule has 1 atom stereocenters. The number of fused-ring (bicyclic) bond motifs is 3. The second-order valence-corrected chi connectivity index (χ2v) is 5.58. The number of H-pyrrole nitrogens is 1. The molecule has 5 nitrogen and oxygen atoms in total. The highest BCUT2D eigenvalue weighted by atomic mass is 19.3. The first kappa shape index (κ1) is 13.4. The number of piperidine rings is 1. The van der Waals surface area contributed by atoms with Gasteiger partial charge in [-0.15, -0.1) is 0 Å². The van der Waals surface area contributed by atoms with Gasteiger partial charge >= 0.3 is 5.69 Å². The summed E-state index contributed by atoms with van der Waals surface area (Å²) < 4.78 is 29.8. The Morgan fingerprint density at radius 2 is 2.14 bits per heavy atom. The van der Waals surface area contributed by atoms with Gasteiger partial charge in [0.15, 0.2) is 0 Å². The lowest BCUT2D eigenvalue weighted by molar-refractivity contribution is -0.0655. The molecule has 4 rings (SSSR count). The van der Waals surface area contributed by atoms with Crippen molar-refractivity contribution in [2.45, 2.75) is 18.4 Å². The Hall–Kier alpha value is -2.28. The van der Waals surface area contributed by atoms with E-state index in [1.165, 1.54) is 10.8 Å². The smallest absolute Gasteiger partial charge is 0.311 e. The molecule has 0 radical (unpaired) electrons. The van der Waals surface area contributed by atoms with Crippen LogP contribution in [0.1, 0.15) is 12.5 Å². The van der Waals surface area contributed by atoms with E-state index in [1.54, 1.807) is 12.1 Å². The van der Waals surface area contributed by atoms with E-state index >= 15 is 0 Å². The highest BCUT2D eigenvalue weighted by Crippen LogP contribution is 2.35. The number of hydrogen-bond acceptors (Lipinski definition) is 3. The number of imidazole rings is 1. The Morgan fingerprint density at radius 3 is 2.95 bits per heavy atom. The second-order valence-electron chi connectivity index (χ2n) is 5.58. The number of hydrogen-bond donors (Lipinski definition) is 2. The molecule has 1 saturated heterocycles. The van der Waals surface area contributed by atoms with Crippen LogP contribution in [-0.2, 0) is 0 Å². The number of aromatic amines is 1. The van der Waals surface area contributed by atoms with E-state index in [0.29, 0.717) is 28.5 Å². The molecule has 0 bridgehead atoms. The molecule has 1 aliphatic heterocycles. The van der Waals surface area contributed by atoms with Gasteiger partial charge in [0.25, 0.3) is 5.92 Å². The molecule has 114 valence electrons. The summed E-state index contributed by atoms with van der Waals surface area (Å²) in [5.74, 6) is -2.97. The first-order valence-corrected chi connectivity index (χ1v) is 7.14. The van der Waals surface area contributed by atoms with Crippen molar-refractivity contribution >= 4 is 21.9 Å². The van der Waals surface area contributed by atoms with Gasteiger partial charge in [-0.2, -0.15) is 0 Å². The molecule has 22 heavy (non-hydrogen) atoms. The number of pyridine rings is 1. The average molecular weight is 304 g/mol. The highest BCUT2D eigenvalue weighted by molar-refractivity contribution is 6.01. The third kappa shape index (κ3) is 1.85. The lowest BCUT2D eigenvalue weighted by Gasteiger charge is -2.32. The molecule has 1 aromatic carbocycles. The van der Waals surface area contributed by atoms with E-state index in [4.69, 9.17) is 0 Å². The van der Waals surface area contributed by atoms with Crippen LogP contribution in [0.3, 0.4) is 0 Å². The molecule has 3 aromatic rings. The number of halogens is 2. The van der Waals surface area contributed by atoms with Crippen molar-refractivity contribution in [2.75, 3.05) is 13.1 Å². The van der Waals surface area contributed by atoms with Crippen molar-refractivity contribution in [2.24, 2.45) is 0 Å². The maximum Gasteiger partial charge on any atom is 0.326 e. The molecule has 0 spiro atoms. The van der Waals surface area contributed by atoms with Crippen molar-refractivity contribution in [1.29, 1.82) is 0 Å². The van der Waals surface area contributed by atoms with Gasteiger partial charge in [0.2, 0.25) is 0 Å². The summed E-state index contributed by atoms with van der Waals surface area (Å²) in [6.45, 7) is 0.0438. The summed E-state index contributed by atoms with van der Waals surface area (Å²) in [6.07, 6.45) is 1.73. The van der Waals surface area contributed by atoms with E-state index in [-0.39, 0.29) is 6.42 Å². The predicted molar refractivity (Wildman–Crippen MR) is 79.3 cm³/mol. The Kier molecular flexibility index (Phi) is 2.80. The van der Waals surface area contributed by atoms with E-state index < -0.39 is 24.2 Å². The molecule has 0 aliphatic carbocycles. The van der Waals surface area contributed by atoms with Gasteiger partial charge in [-0.25, -0.2) is 13.6 Å².